The Labute approximate surface area is 108 Å². The highest BCUT2D eigenvalue weighted by molar-refractivity contribution is 5.67. The normalized spacial score (nSPS) is 10.4. The number of nitrogens with zero attached hydrogens (tertiary/aromatic N) is 3. The molecule has 2 aromatic heterocycles. The number of hydrogen-bond donors (Lipinski definition) is 1. The standard InChI is InChI=1S/C14H18N4/c1-4-7-16-14-10(2)13(17-11(3)18-14)12-5-8-15-9-6-12/h5-6,8-9H,4,7H2,1-3H3,(H,16,17,18). The van der Waals surface area contributed by atoms with E-state index in [4.69, 9.17) is 0 Å². The molecule has 0 aromatic carbocycles. The van der Waals surface area contributed by atoms with E-state index < -0.39 is 0 Å². The van der Waals surface area contributed by atoms with Crippen molar-refractivity contribution in [1.82, 2.24) is 15.0 Å². The third-order valence-electron chi connectivity index (χ3n) is 2.75. The molecule has 0 spiro atoms. The fourth-order valence-electron chi connectivity index (χ4n) is 1.83. The van der Waals surface area contributed by atoms with Gasteiger partial charge in [-0.1, -0.05) is 6.92 Å². The van der Waals surface area contributed by atoms with E-state index in [0.717, 1.165) is 41.4 Å². The van der Waals surface area contributed by atoms with Gasteiger partial charge in [0.25, 0.3) is 0 Å². The molecule has 0 fully saturated rings. The van der Waals surface area contributed by atoms with E-state index in [1.54, 1.807) is 12.4 Å². The Morgan fingerprint density at radius 2 is 1.83 bits per heavy atom. The Hall–Kier alpha value is -1.97. The van der Waals surface area contributed by atoms with Gasteiger partial charge in [-0.3, -0.25) is 4.98 Å². The molecule has 0 radical (unpaired) electrons. The second kappa shape index (κ2) is 5.58. The second-order valence-corrected chi connectivity index (χ2v) is 4.26. The smallest absolute Gasteiger partial charge is 0.133 e. The molecule has 0 amide bonds. The highest BCUT2D eigenvalue weighted by atomic mass is 15.0. The van der Waals surface area contributed by atoms with Crippen LogP contribution in [-0.4, -0.2) is 21.5 Å². The van der Waals surface area contributed by atoms with Crippen LogP contribution in [0.3, 0.4) is 0 Å². The van der Waals surface area contributed by atoms with Crippen LogP contribution in [0, 0.1) is 13.8 Å². The zero-order valence-electron chi connectivity index (χ0n) is 11.1. The second-order valence-electron chi connectivity index (χ2n) is 4.26. The molecule has 0 saturated carbocycles. The quantitative estimate of drug-likeness (QED) is 0.895. The lowest BCUT2D eigenvalue weighted by molar-refractivity contribution is 0.948. The zero-order valence-corrected chi connectivity index (χ0v) is 11.1. The molecule has 0 aliphatic heterocycles. The van der Waals surface area contributed by atoms with E-state index in [2.05, 4.69) is 27.2 Å². The van der Waals surface area contributed by atoms with E-state index >= 15 is 0 Å². The largest absolute Gasteiger partial charge is 0.370 e. The van der Waals surface area contributed by atoms with E-state index in [9.17, 15) is 0 Å². The van der Waals surface area contributed by atoms with Crippen molar-refractivity contribution in [2.24, 2.45) is 0 Å². The lowest BCUT2D eigenvalue weighted by atomic mass is 10.1. The topological polar surface area (TPSA) is 50.7 Å². The summed E-state index contributed by atoms with van der Waals surface area (Å²) in [4.78, 5) is 13.0. The minimum absolute atomic E-state index is 0.783. The number of aromatic nitrogens is 3. The van der Waals surface area contributed by atoms with Crippen LogP contribution < -0.4 is 5.32 Å². The highest BCUT2D eigenvalue weighted by Crippen LogP contribution is 2.25. The molecule has 4 heteroatoms. The van der Waals surface area contributed by atoms with E-state index in [0.29, 0.717) is 0 Å². The molecule has 0 unspecified atom stereocenters. The van der Waals surface area contributed by atoms with Gasteiger partial charge in [-0.05, 0) is 32.4 Å². The molecule has 0 saturated heterocycles. The molecular weight excluding hydrogens is 224 g/mol. The molecule has 2 aromatic rings. The van der Waals surface area contributed by atoms with Gasteiger partial charge in [0.1, 0.15) is 11.6 Å². The summed E-state index contributed by atoms with van der Waals surface area (Å²) in [6.45, 7) is 7.03. The van der Waals surface area contributed by atoms with E-state index in [1.165, 1.54) is 0 Å². The van der Waals surface area contributed by atoms with Gasteiger partial charge >= 0.3 is 0 Å². The molecule has 2 rings (SSSR count). The van der Waals surface area contributed by atoms with Gasteiger partial charge in [-0.2, -0.15) is 0 Å². The van der Waals surface area contributed by atoms with Crippen LogP contribution >= 0.6 is 0 Å². The fraction of sp³-hybridized carbons (Fsp3) is 0.357. The number of anilines is 1. The van der Waals surface area contributed by atoms with Gasteiger partial charge in [0.05, 0.1) is 5.69 Å². The maximum absolute atomic E-state index is 4.53. The summed E-state index contributed by atoms with van der Waals surface area (Å²) in [7, 11) is 0. The Balaban J connectivity index is 2.45. The molecule has 18 heavy (non-hydrogen) atoms. The first-order chi connectivity index (χ1) is 8.72. The van der Waals surface area contributed by atoms with Gasteiger partial charge in [0.2, 0.25) is 0 Å². The molecule has 0 aliphatic carbocycles. The zero-order chi connectivity index (χ0) is 13.0. The highest BCUT2D eigenvalue weighted by Gasteiger charge is 2.10. The summed E-state index contributed by atoms with van der Waals surface area (Å²) in [6.07, 6.45) is 4.64. The van der Waals surface area contributed by atoms with Crippen LogP contribution in [0.25, 0.3) is 11.3 Å². The SMILES string of the molecule is CCCNc1nc(C)nc(-c2ccncc2)c1C. The first kappa shape index (κ1) is 12.5. The molecule has 0 atom stereocenters. The summed E-state index contributed by atoms with van der Waals surface area (Å²) in [6, 6.07) is 3.94. The van der Waals surface area contributed by atoms with Crippen molar-refractivity contribution >= 4 is 5.82 Å². The summed E-state index contributed by atoms with van der Waals surface area (Å²) < 4.78 is 0. The molecule has 0 bridgehead atoms. The summed E-state index contributed by atoms with van der Waals surface area (Å²) >= 11 is 0. The molecule has 0 aliphatic rings. The van der Waals surface area contributed by atoms with Crippen molar-refractivity contribution in [1.29, 1.82) is 0 Å². The third kappa shape index (κ3) is 2.64. The van der Waals surface area contributed by atoms with Gasteiger partial charge < -0.3 is 5.32 Å². The maximum Gasteiger partial charge on any atom is 0.133 e. The summed E-state index contributed by atoms with van der Waals surface area (Å²) in [5.41, 5.74) is 3.14. The third-order valence-corrected chi connectivity index (χ3v) is 2.75. The van der Waals surface area contributed by atoms with Gasteiger partial charge in [-0.15, -0.1) is 0 Å². The number of aryl methyl sites for hydroxylation is 1. The average molecular weight is 242 g/mol. The van der Waals surface area contributed by atoms with E-state index in [-0.39, 0.29) is 0 Å². The number of pyridine rings is 1. The molecule has 4 nitrogen and oxygen atoms in total. The lowest BCUT2D eigenvalue weighted by Crippen LogP contribution is -2.07. The van der Waals surface area contributed by atoms with E-state index in [1.807, 2.05) is 26.0 Å². The summed E-state index contributed by atoms with van der Waals surface area (Å²) in [5.74, 6) is 1.71. The molecule has 94 valence electrons. The van der Waals surface area contributed by atoms with Crippen LogP contribution in [-0.2, 0) is 0 Å². The Morgan fingerprint density at radius 3 is 2.50 bits per heavy atom. The van der Waals surface area contributed by atoms with Crippen LogP contribution in [0.4, 0.5) is 5.82 Å². The van der Waals surface area contributed by atoms with Gasteiger partial charge in [0.15, 0.2) is 0 Å². The number of hydrogen-bond acceptors (Lipinski definition) is 4. The first-order valence-corrected chi connectivity index (χ1v) is 6.22. The lowest BCUT2D eigenvalue weighted by Gasteiger charge is -2.12. The van der Waals surface area contributed by atoms with Crippen LogP contribution in [0.15, 0.2) is 24.5 Å². The van der Waals surface area contributed by atoms with Crippen molar-refractivity contribution in [3.05, 3.63) is 35.9 Å². The fourth-order valence-corrected chi connectivity index (χ4v) is 1.83. The van der Waals surface area contributed by atoms with Crippen LogP contribution in [0.1, 0.15) is 24.7 Å². The molecular formula is C14H18N4. The average Bonchev–Trinajstić information content (AvgIpc) is 2.40. The Morgan fingerprint density at radius 1 is 1.11 bits per heavy atom. The number of rotatable bonds is 4. The van der Waals surface area contributed by atoms with Crippen LogP contribution in [0.2, 0.25) is 0 Å². The Bertz CT molecular complexity index is 523. The molecule has 1 N–H and O–H groups in total. The van der Waals surface area contributed by atoms with Crippen molar-refractivity contribution in [3.63, 3.8) is 0 Å². The minimum Gasteiger partial charge on any atom is -0.370 e. The monoisotopic (exact) mass is 242 g/mol. The maximum atomic E-state index is 4.53. The van der Waals surface area contributed by atoms with Crippen molar-refractivity contribution in [2.45, 2.75) is 27.2 Å². The van der Waals surface area contributed by atoms with Crippen molar-refractivity contribution < 1.29 is 0 Å². The predicted molar refractivity (Wildman–Crippen MR) is 73.5 cm³/mol. The van der Waals surface area contributed by atoms with Gasteiger partial charge in [0, 0.05) is 30.1 Å². The van der Waals surface area contributed by atoms with Crippen LogP contribution in [0.5, 0.6) is 0 Å². The minimum atomic E-state index is 0.783. The Kier molecular flexibility index (Phi) is 3.87. The molecule has 2 heterocycles. The van der Waals surface area contributed by atoms with Crippen molar-refractivity contribution in [3.8, 4) is 11.3 Å². The van der Waals surface area contributed by atoms with Crippen molar-refractivity contribution in [2.75, 3.05) is 11.9 Å². The number of nitrogens with one attached hydrogen (secondary N) is 1. The summed E-state index contributed by atoms with van der Waals surface area (Å²) in [5, 5.41) is 3.35. The van der Waals surface area contributed by atoms with Gasteiger partial charge in [-0.25, -0.2) is 9.97 Å². The predicted octanol–water partition coefficient (Wildman–Crippen LogP) is 2.98. The first-order valence-electron chi connectivity index (χ1n) is 6.22.